The summed E-state index contributed by atoms with van der Waals surface area (Å²) in [6, 6.07) is 8.60. The third kappa shape index (κ3) is 1.61. The molecule has 1 fully saturated rings. The van der Waals surface area contributed by atoms with Crippen molar-refractivity contribution in [2.45, 2.75) is 18.9 Å². The largest absolute Gasteiger partial charge is 0.356 e. The van der Waals surface area contributed by atoms with Crippen LogP contribution in [0.4, 0.5) is 5.82 Å². The van der Waals surface area contributed by atoms with Gasteiger partial charge in [0.2, 0.25) is 5.28 Å². The van der Waals surface area contributed by atoms with Crippen molar-refractivity contribution in [2.24, 2.45) is 0 Å². The van der Waals surface area contributed by atoms with Gasteiger partial charge in [-0.15, -0.1) is 0 Å². The minimum absolute atomic E-state index is 0.321. The van der Waals surface area contributed by atoms with Crippen molar-refractivity contribution in [2.75, 3.05) is 11.9 Å². The Morgan fingerprint density at radius 2 is 2.00 bits per heavy atom. The molecular formula is C12H12ClN3. The molecule has 0 N–H and O–H groups in total. The summed E-state index contributed by atoms with van der Waals surface area (Å²) >= 11 is 5.94. The first-order chi connectivity index (χ1) is 7.75. The Labute approximate surface area is 99.1 Å². The Morgan fingerprint density at radius 1 is 1.25 bits per heavy atom. The van der Waals surface area contributed by atoms with Crippen LogP contribution < -0.4 is 4.90 Å². The van der Waals surface area contributed by atoms with Crippen molar-refractivity contribution in [1.82, 2.24) is 9.97 Å². The molecule has 0 spiro atoms. The van der Waals surface area contributed by atoms with E-state index in [1.165, 1.54) is 12.8 Å². The molecule has 3 nitrogen and oxygen atoms in total. The quantitative estimate of drug-likeness (QED) is 0.747. The standard InChI is InChI=1S/C12H12ClN3/c1-16(8-6-7-8)11-9-4-2-3-5-10(9)14-12(13)15-11/h2-5,8H,6-7H2,1H3. The predicted molar refractivity (Wildman–Crippen MR) is 66.0 cm³/mol. The van der Waals surface area contributed by atoms with Gasteiger partial charge < -0.3 is 4.90 Å². The molecule has 0 bridgehead atoms. The molecule has 1 heterocycles. The second kappa shape index (κ2) is 3.59. The minimum atomic E-state index is 0.321. The first-order valence-electron chi connectivity index (χ1n) is 5.41. The lowest BCUT2D eigenvalue weighted by atomic mass is 10.2. The highest BCUT2D eigenvalue weighted by Crippen LogP contribution is 2.33. The van der Waals surface area contributed by atoms with E-state index in [-0.39, 0.29) is 0 Å². The highest BCUT2D eigenvalue weighted by molar-refractivity contribution is 6.28. The van der Waals surface area contributed by atoms with Crippen molar-refractivity contribution in [3.8, 4) is 0 Å². The number of fused-ring (bicyclic) bond motifs is 1. The second-order valence-corrected chi connectivity index (χ2v) is 4.51. The van der Waals surface area contributed by atoms with Crippen LogP contribution in [0.3, 0.4) is 0 Å². The van der Waals surface area contributed by atoms with E-state index >= 15 is 0 Å². The smallest absolute Gasteiger partial charge is 0.224 e. The molecule has 0 aliphatic heterocycles. The van der Waals surface area contributed by atoms with E-state index in [1.807, 2.05) is 24.3 Å². The number of anilines is 1. The highest BCUT2D eigenvalue weighted by Gasteiger charge is 2.28. The fourth-order valence-electron chi connectivity index (χ4n) is 1.94. The number of rotatable bonds is 2. The number of aromatic nitrogens is 2. The molecule has 0 saturated heterocycles. The first kappa shape index (κ1) is 9.85. The van der Waals surface area contributed by atoms with Gasteiger partial charge in [-0.2, -0.15) is 4.98 Å². The minimum Gasteiger partial charge on any atom is -0.356 e. The van der Waals surface area contributed by atoms with Crippen LogP contribution in [0.15, 0.2) is 24.3 Å². The van der Waals surface area contributed by atoms with E-state index in [0.29, 0.717) is 11.3 Å². The summed E-state index contributed by atoms with van der Waals surface area (Å²) in [6.45, 7) is 0. The lowest BCUT2D eigenvalue weighted by Gasteiger charge is -2.19. The van der Waals surface area contributed by atoms with Crippen LogP contribution in [0, 0.1) is 0 Å². The summed E-state index contributed by atoms with van der Waals surface area (Å²) in [5, 5.41) is 1.39. The van der Waals surface area contributed by atoms with Crippen molar-refractivity contribution in [3.05, 3.63) is 29.5 Å². The molecule has 0 radical (unpaired) electrons. The lowest BCUT2D eigenvalue weighted by Crippen LogP contribution is -2.21. The molecule has 1 aromatic heterocycles. The fraction of sp³-hybridized carbons (Fsp3) is 0.333. The Hall–Kier alpha value is -1.35. The van der Waals surface area contributed by atoms with Crippen molar-refractivity contribution >= 4 is 28.3 Å². The third-order valence-corrected chi connectivity index (χ3v) is 3.15. The van der Waals surface area contributed by atoms with Gasteiger partial charge in [0, 0.05) is 18.5 Å². The third-order valence-electron chi connectivity index (χ3n) is 2.98. The van der Waals surface area contributed by atoms with Crippen LogP contribution in [0.2, 0.25) is 5.28 Å². The average Bonchev–Trinajstić information content (AvgIpc) is 3.10. The van der Waals surface area contributed by atoms with Gasteiger partial charge in [0.1, 0.15) is 5.82 Å². The fourth-order valence-corrected chi connectivity index (χ4v) is 2.11. The average molecular weight is 234 g/mol. The van der Waals surface area contributed by atoms with Gasteiger partial charge in [0.15, 0.2) is 0 Å². The topological polar surface area (TPSA) is 29.0 Å². The number of halogens is 1. The number of hydrogen-bond acceptors (Lipinski definition) is 3. The summed E-state index contributed by atoms with van der Waals surface area (Å²) in [4.78, 5) is 10.8. The Morgan fingerprint density at radius 3 is 2.75 bits per heavy atom. The van der Waals surface area contributed by atoms with Gasteiger partial charge in [0.05, 0.1) is 5.52 Å². The number of hydrogen-bond donors (Lipinski definition) is 0. The zero-order chi connectivity index (χ0) is 11.1. The molecule has 1 saturated carbocycles. The number of para-hydroxylation sites is 1. The maximum Gasteiger partial charge on any atom is 0.224 e. The molecule has 1 aromatic carbocycles. The van der Waals surface area contributed by atoms with Gasteiger partial charge in [-0.25, -0.2) is 4.98 Å². The van der Waals surface area contributed by atoms with Crippen molar-refractivity contribution < 1.29 is 0 Å². The molecule has 0 atom stereocenters. The molecule has 3 rings (SSSR count). The van der Waals surface area contributed by atoms with E-state index in [9.17, 15) is 0 Å². The summed E-state index contributed by atoms with van der Waals surface area (Å²) in [5.41, 5.74) is 0.907. The molecule has 16 heavy (non-hydrogen) atoms. The van der Waals surface area contributed by atoms with Crippen LogP contribution in [-0.4, -0.2) is 23.1 Å². The molecular weight excluding hydrogens is 222 g/mol. The summed E-state index contributed by atoms with van der Waals surface area (Å²) < 4.78 is 0. The molecule has 1 aliphatic carbocycles. The number of benzene rings is 1. The van der Waals surface area contributed by atoms with Gasteiger partial charge in [-0.1, -0.05) is 12.1 Å². The van der Waals surface area contributed by atoms with Gasteiger partial charge in [-0.3, -0.25) is 0 Å². The first-order valence-corrected chi connectivity index (χ1v) is 5.78. The van der Waals surface area contributed by atoms with Crippen LogP contribution in [0.25, 0.3) is 10.9 Å². The zero-order valence-electron chi connectivity index (χ0n) is 9.02. The van der Waals surface area contributed by atoms with Gasteiger partial charge in [-0.05, 0) is 36.6 Å². The maximum atomic E-state index is 5.94. The lowest BCUT2D eigenvalue weighted by molar-refractivity contribution is 0.895. The van der Waals surface area contributed by atoms with Crippen LogP contribution in [-0.2, 0) is 0 Å². The van der Waals surface area contributed by atoms with E-state index in [4.69, 9.17) is 11.6 Å². The molecule has 4 heteroatoms. The molecule has 2 aromatic rings. The molecule has 0 amide bonds. The Balaban J connectivity index is 2.20. The summed E-state index contributed by atoms with van der Waals surface area (Å²) in [5.74, 6) is 0.943. The van der Waals surface area contributed by atoms with Gasteiger partial charge >= 0.3 is 0 Å². The zero-order valence-corrected chi connectivity index (χ0v) is 9.78. The van der Waals surface area contributed by atoms with Crippen molar-refractivity contribution in [3.63, 3.8) is 0 Å². The second-order valence-electron chi connectivity index (χ2n) is 4.18. The summed E-state index contributed by atoms with van der Waals surface area (Å²) in [6.07, 6.45) is 2.49. The highest BCUT2D eigenvalue weighted by atomic mass is 35.5. The molecule has 82 valence electrons. The van der Waals surface area contributed by atoms with E-state index in [1.54, 1.807) is 0 Å². The summed E-state index contributed by atoms with van der Waals surface area (Å²) in [7, 11) is 2.07. The number of nitrogens with zero attached hydrogens (tertiary/aromatic N) is 3. The monoisotopic (exact) mass is 233 g/mol. The predicted octanol–water partition coefficient (Wildman–Crippen LogP) is 2.88. The van der Waals surface area contributed by atoms with Crippen LogP contribution in [0.1, 0.15) is 12.8 Å². The van der Waals surface area contributed by atoms with E-state index in [2.05, 4.69) is 21.9 Å². The Kier molecular flexibility index (Phi) is 2.21. The van der Waals surface area contributed by atoms with E-state index in [0.717, 1.165) is 16.7 Å². The normalized spacial score (nSPS) is 15.4. The maximum absolute atomic E-state index is 5.94. The SMILES string of the molecule is CN(c1nc(Cl)nc2ccccc12)C1CC1. The molecule has 0 unspecified atom stereocenters. The van der Waals surface area contributed by atoms with Gasteiger partial charge in [0.25, 0.3) is 0 Å². The molecule has 1 aliphatic rings. The van der Waals surface area contributed by atoms with Crippen LogP contribution in [0.5, 0.6) is 0 Å². The van der Waals surface area contributed by atoms with E-state index < -0.39 is 0 Å². The van der Waals surface area contributed by atoms with Crippen LogP contribution >= 0.6 is 11.6 Å². The van der Waals surface area contributed by atoms with Crippen molar-refractivity contribution in [1.29, 1.82) is 0 Å². The Bertz CT molecular complexity index is 537.